The van der Waals surface area contributed by atoms with E-state index in [1.54, 1.807) is 0 Å². The van der Waals surface area contributed by atoms with Gasteiger partial charge in [0.25, 0.3) is 0 Å². The summed E-state index contributed by atoms with van der Waals surface area (Å²) in [5.74, 6) is 0.573. The van der Waals surface area contributed by atoms with Gasteiger partial charge in [0.1, 0.15) is 0 Å². The van der Waals surface area contributed by atoms with E-state index in [1.165, 1.54) is 11.1 Å². The van der Waals surface area contributed by atoms with Crippen LogP contribution in [0.25, 0.3) is 0 Å². The second-order valence-electron chi connectivity index (χ2n) is 6.77. The van der Waals surface area contributed by atoms with E-state index in [4.69, 9.17) is 0 Å². The van der Waals surface area contributed by atoms with Crippen molar-refractivity contribution in [2.45, 2.75) is 39.2 Å². The summed E-state index contributed by atoms with van der Waals surface area (Å²) < 4.78 is 0. The highest BCUT2D eigenvalue weighted by molar-refractivity contribution is 5.90. The third kappa shape index (κ3) is 1.87. The van der Waals surface area contributed by atoms with Crippen LogP contribution in [0.1, 0.15) is 33.6 Å². The van der Waals surface area contributed by atoms with Crippen molar-refractivity contribution in [3.8, 4) is 0 Å². The molecule has 0 aromatic carbocycles. The Morgan fingerprint density at radius 1 is 1.20 bits per heavy atom. The van der Waals surface area contributed by atoms with E-state index >= 15 is 0 Å². The van der Waals surface area contributed by atoms with Crippen molar-refractivity contribution in [1.29, 1.82) is 0 Å². The van der Waals surface area contributed by atoms with Gasteiger partial charge in [-0.25, -0.2) is 0 Å². The Bertz CT molecular complexity index is 519. The summed E-state index contributed by atoms with van der Waals surface area (Å²) in [5.41, 5.74) is 2.06. The maximum Gasteiger partial charge on any atom is 0.231 e. The molecule has 0 bridgehead atoms. The molecule has 1 spiro atoms. The Morgan fingerprint density at radius 3 is 2.60 bits per heavy atom. The zero-order valence-corrected chi connectivity index (χ0v) is 12.6. The van der Waals surface area contributed by atoms with Gasteiger partial charge < -0.3 is 10.6 Å². The fourth-order valence-corrected chi connectivity index (χ4v) is 4.08. The van der Waals surface area contributed by atoms with Crippen LogP contribution < -0.4 is 10.6 Å². The van der Waals surface area contributed by atoms with Gasteiger partial charge in [-0.05, 0) is 56.8 Å². The Labute approximate surface area is 121 Å². The first kappa shape index (κ1) is 13.6. The molecule has 3 heteroatoms. The van der Waals surface area contributed by atoms with Crippen LogP contribution in [0.15, 0.2) is 35.5 Å². The van der Waals surface area contributed by atoms with Crippen molar-refractivity contribution in [3.05, 3.63) is 35.5 Å². The Kier molecular flexibility index (Phi) is 3.13. The van der Waals surface area contributed by atoms with Gasteiger partial charge in [-0.15, -0.1) is 0 Å². The van der Waals surface area contributed by atoms with Gasteiger partial charge in [0.2, 0.25) is 5.91 Å². The van der Waals surface area contributed by atoms with Gasteiger partial charge in [-0.1, -0.05) is 31.2 Å². The van der Waals surface area contributed by atoms with Crippen LogP contribution in [0.4, 0.5) is 0 Å². The number of allylic oxidation sites excluding steroid dienone is 4. The van der Waals surface area contributed by atoms with Crippen LogP contribution in [0.3, 0.4) is 0 Å². The smallest absolute Gasteiger partial charge is 0.231 e. The first-order chi connectivity index (χ1) is 9.47. The van der Waals surface area contributed by atoms with Crippen LogP contribution in [0.2, 0.25) is 0 Å². The van der Waals surface area contributed by atoms with Gasteiger partial charge in [0.05, 0.1) is 11.0 Å². The molecular weight excluding hydrogens is 248 g/mol. The largest absolute Gasteiger partial charge is 0.347 e. The lowest BCUT2D eigenvalue weighted by Crippen LogP contribution is -2.60. The number of carbonyl (C=O) groups is 1. The van der Waals surface area contributed by atoms with Gasteiger partial charge in [-0.3, -0.25) is 4.79 Å². The molecule has 1 unspecified atom stereocenters. The molecular formula is C17H24N2O. The molecule has 1 amide bonds. The standard InChI is InChI=1S/C17H24N2O/c1-12-6-4-5-7-13-14(12)16(2,3)19-15(20)17(13)8-10-18-11-9-17/h4-7,12,18H,8-11H2,1-3H3,(H,19,20). The topological polar surface area (TPSA) is 41.1 Å². The molecule has 3 nitrogen and oxygen atoms in total. The molecule has 3 rings (SSSR count). The number of hydrogen-bond acceptors (Lipinski definition) is 2. The van der Waals surface area contributed by atoms with E-state index in [0.717, 1.165) is 25.9 Å². The lowest BCUT2D eigenvalue weighted by atomic mass is 9.63. The summed E-state index contributed by atoms with van der Waals surface area (Å²) in [6.07, 6.45) is 10.4. The molecule has 1 aliphatic carbocycles. The predicted molar refractivity (Wildman–Crippen MR) is 81.2 cm³/mol. The number of carbonyl (C=O) groups excluding carboxylic acids is 1. The Hall–Kier alpha value is -1.35. The first-order valence-corrected chi connectivity index (χ1v) is 7.61. The first-order valence-electron chi connectivity index (χ1n) is 7.61. The lowest BCUT2D eigenvalue weighted by molar-refractivity contribution is -0.132. The molecule has 1 fully saturated rings. The quantitative estimate of drug-likeness (QED) is 0.710. The molecule has 2 aliphatic heterocycles. The fraction of sp³-hybridized carbons (Fsp3) is 0.588. The fourth-order valence-electron chi connectivity index (χ4n) is 4.08. The maximum atomic E-state index is 12.8. The molecule has 1 saturated heterocycles. The third-order valence-corrected chi connectivity index (χ3v) is 5.03. The summed E-state index contributed by atoms with van der Waals surface area (Å²) >= 11 is 0. The molecule has 0 aromatic heterocycles. The zero-order valence-electron chi connectivity index (χ0n) is 12.6. The molecule has 0 aromatic rings. The van der Waals surface area contributed by atoms with Crippen molar-refractivity contribution in [2.24, 2.45) is 11.3 Å². The summed E-state index contributed by atoms with van der Waals surface area (Å²) in [6.45, 7) is 8.31. The van der Waals surface area contributed by atoms with Crippen molar-refractivity contribution in [2.75, 3.05) is 13.1 Å². The van der Waals surface area contributed by atoms with Gasteiger partial charge >= 0.3 is 0 Å². The van der Waals surface area contributed by atoms with E-state index in [1.807, 2.05) is 0 Å². The average Bonchev–Trinajstić information content (AvgIpc) is 2.60. The number of piperidine rings is 1. The normalized spacial score (nSPS) is 30.9. The molecule has 1 atom stereocenters. The number of nitrogens with one attached hydrogen (secondary N) is 2. The minimum absolute atomic E-state index is 0.210. The highest BCUT2D eigenvalue weighted by atomic mass is 16.2. The number of amides is 1. The monoisotopic (exact) mass is 272 g/mol. The Morgan fingerprint density at radius 2 is 1.90 bits per heavy atom. The van der Waals surface area contributed by atoms with Crippen LogP contribution in [0, 0.1) is 11.3 Å². The summed E-state index contributed by atoms with van der Waals surface area (Å²) in [7, 11) is 0. The van der Waals surface area contributed by atoms with Crippen molar-refractivity contribution >= 4 is 5.91 Å². The third-order valence-electron chi connectivity index (χ3n) is 5.03. The van der Waals surface area contributed by atoms with E-state index in [0.29, 0.717) is 5.92 Å². The van der Waals surface area contributed by atoms with Crippen LogP contribution >= 0.6 is 0 Å². The maximum absolute atomic E-state index is 12.8. The van der Waals surface area contributed by atoms with E-state index in [-0.39, 0.29) is 16.9 Å². The average molecular weight is 272 g/mol. The Balaban J connectivity index is 2.21. The molecule has 0 radical (unpaired) electrons. The molecule has 2 N–H and O–H groups in total. The number of rotatable bonds is 0. The van der Waals surface area contributed by atoms with E-state index in [9.17, 15) is 4.79 Å². The summed E-state index contributed by atoms with van der Waals surface area (Å²) in [4.78, 5) is 12.8. The molecule has 0 saturated carbocycles. The summed E-state index contributed by atoms with van der Waals surface area (Å²) in [5, 5.41) is 6.66. The molecule has 2 heterocycles. The van der Waals surface area contributed by atoms with E-state index in [2.05, 4.69) is 55.7 Å². The van der Waals surface area contributed by atoms with Crippen LogP contribution in [-0.2, 0) is 4.79 Å². The lowest BCUT2D eigenvalue weighted by Gasteiger charge is -2.48. The highest BCUT2D eigenvalue weighted by Gasteiger charge is 2.50. The van der Waals surface area contributed by atoms with Gasteiger partial charge in [0, 0.05) is 0 Å². The highest BCUT2D eigenvalue weighted by Crippen LogP contribution is 2.48. The second-order valence-corrected chi connectivity index (χ2v) is 6.77. The minimum atomic E-state index is -0.327. The zero-order chi connectivity index (χ0) is 14.4. The summed E-state index contributed by atoms with van der Waals surface area (Å²) in [6, 6.07) is 0. The second kappa shape index (κ2) is 4.59. The predicted octanol–water partition coefficient (Wildman–Crippen LogP) is 2.32. The molecule has 3 aliphatic rings. The SMILES string of the molecule is CC1C=CC=CC2=C1C(C)(C)NC(=O)C21CCNCC1. The van der Waals surface area contributed by atoms with Crippen molar-refractivity contribution in [1.82, 2.24) is 10.6 Å². The van der Waals surface area contributed by atoms with Crippen molar-refractivity contribution < 1.29 is 4.79 Å². The molecule has 20 heavy (non-hydrogen) atoms. The van der Waals surface area contributed by atoms with Crippen LogP contribution in [0.5, 0.6) is 0 Å². The van der Waals surface area contributed by atoms with Crippen LogP contribution in [-0.4, -0.2) is 24.5 Å². The van der Waals surface area contributed by atoms with Gasteiger partial charge in [-0.2, -0.15) is 0 Å². The van der Waals surface area contributed by atoms with E-state index < -0.39 is 0 Å². The van der Waals surface area contributed by atoms with Gasteiger partial charge in [0.15, 0.2) is 0 Å². The minimum Gasteiger partial charge on any atom is -0.347 e. The number of hydrogen-bond donors (Lipinski definition) is 2. The van der Waals surface area contributed by atoms with Crippen molar-refractivity contribution in [3.63, 3.8) is 0 Å². The molecule has 108 valence electrons. The number of fused-ring (bicyclic) bond motifs is 1.